The van der Waals surface area contributed by atoms with Crippen LogP contribution in [0.1, 0.15) is 36.6 Å². The van der Waals surface area contributed by atoms with E-state index in [1.54, 1.807) is 36.2 Å². The molecule has 0 saturated carbocycles. The van der Waals surface area contributed by atoms with Crippen molar-refractivity contribution in [1.82, 2.24) is 4.90 Å². The van der Waals surface area contributed by atoms with Gasteiger partial charge >= 0.3 is 5.97 Å². The van der Waals surface area contributed by atoms with Gasteiger partial charge in [0.15, 0.2) is 0 Å². The molecule has 6 nitrogen and oxygen atoms in total. The van der Waals surface area contributed by atoms with Gasteiger partial charge in [-0.05, 0) is 42.0 Å². The molecule has 0 spiro atoms. The van der Waals surface area contributed by atoms with Gasteiger partial charge in [0.05, 0.1) is 23.9 Å². The topological polar surface area (TPSA) is 75.7 Å². The molecule has 3 rings (SSSR count). The van der Waals surface area contributed by atoms with E-state index >= 15 is 0 Å². The number of carbonyl (C=O) groups excluding carboxylic acids is 3. The maximum atomic E-state index is 13.0. The Morgan fingerprint density at radius 3 is 2.10 bits per heavy atom. The van der Waals surface area contributed by atoms with E-state index in [0.29, 0.717) is 28.9 Å². The number of carbonyl (C=O) groups is 3. The molecule has 0 bridgehead atoms. The summed E-state index contributed by atoms with van der Waals surface area (Å²) in [5, 5.41) is 2.79. The molecule has 0 radical (unpaired) electrons. The first-order chi connectivity index (χ1) is 14.5. The number of benzene rings is 3. The van der Waals surface area contributed by atoms with Crippen molar-refractivity contribution >= 4 is 23.5 Å². The van der Waals surface area contributed by atoms with E-state index in [0.717, 1.165) is 5.56 Å². The second-order valence-electron chi connectivity index (χ2n) is 6.72. The van der Waals surface area contributed by atoms with Crippen LogP contribution in [0.4, 0.5) is 5.69 Å². The fraction of sp³-hybridized carbons (Fsp3) is 0.125. The molecule has 0 aromatic heterocycles. The van der Waals surface area contributed by atoms with Crippen LogP contribution in [0, 0.1) is 0 Å². The van der Waals surface area contributed by atoms with Gasteiger partial charge in [0.2, 0.25) is 0 Å². The summed E-state index contributed by atoms with van der Waals surface area (Å²) in [4.78, 5) is 38.7. The minimum Gasteiger partial charge on any atom is -0.465 e. The average Bonchev–Trinajstić information content (AvgIpc) is 2.79. The van der Waals surface area contributed by atoms with E-state index in [1.807, 2.05) is 30.3 Å². The largest absolute Gasteiger partial charge is 0.465 e. The van der Waals surface area contributed by atoms with Gasteiger partial charge in [-0.2, -0.15) is 0 Å². The summed E-state index contributed by atoms with van der Waals surface area (Å²) in [6.07, 6.45) is 0. The number of para-hydroxylation sites is 1. The maximum Gasteiger partial charge on any atom is 0.337 e. The third kappa shape index (κ3) is 4.91. The lowest BCUT2D eigenvalue weighted by molar-refractivity contribution is 0.0600. The van der Waals surface area contributed by atoms with Crippen LogP contribution >= 0.6 is 0 Å². The number of esters is 1. The highest BCUT2D eigenvalue weighted by molar-refractivity contribution is 6.09. The Hall–Kier alpha value is -3.93. The summed E-state index contributed by atoms with van der Waals surface area (Å²) < 4.78 is 4.66. The quantitative estimate of drug-likeness (QED) is 0.633. The van der Waals surface area contributed by atoms with Gasteiger partial charge in [-0.15, -0.1) is 0 Å². The van der Waals surface area contributed by atoms with Gasteiger partial charge in [0.25, 0.3) is 11.8 Å². The average molecular weight is 402 g/mol. The first-order valence-corrected chi connectivity index (χ1v) is 9.37. The third-order valence-electron chi connectivity index (χ3n) is 4.58. The number of ether oxygens (including phenoxy) is 1. The van der Waals surface area contributed by atoms with Crippen molar-refractivity contribution in [2.75, 3.05) is 19.5 Å². The zero-order valence-corrected chi connectivity index (χ0v) is 16.8. The Labute approximate surface area is 175 Å². The van der Waals surface area contributed by atoms with E-state index in [4.69, 9.17) is 0 Å². The van der Waals surface area contributed by atoms with Crippen LogP contribution in [0.5, 0.6) is 0 Å². The molecule has 0 heterocycles. The fourth-order valence-electron chi connectivity index (χ4n) is 2.98. The van der Waals surface area contributed by atoms with E-state index in [2.05, 4.69) is 10.1 Å². The second-order valence-corrected chi connectivity index (χ2v) is 6.72. The molecule has 30 heavy (non-hydrogen) atoms. The Balaban J connectivity index is 1.75. The molecule has 0 fully saturated rings. The normalized spacial score (nSPS) is 10.2. The molecule has 0 aliphatic rings. The molecule has 6 heteroatoms. The monoisotopic (exact) mass is 402 g/mol. The highest BCUT2D eigenvalue weighted by atomic mass is 16.5. The van der Waals surface area contributed by atoms with Crippen LogP contribution in [0.3, 0.4) is 0 Å². The summed E-state index contributed by atoms with van der Waals surface area (Å²) in [6, 6.07) is 22.7. The molecule has 0 aliphatic carbocycles. The molecular formula is C24H22N2O4. The Bertz CT molecular complexity index is 1050. The van der Waals surface area contributed by atoms with E-state index in [1.165, 1.54) is 31.4 Å². The first-order valence-electron chi connectivity index (χ1n) is 9.37. The standard InChI is InChI=1S/C24H22N2O4/c1-26(16-17-8-4-3-5-9-17)23(28)20-10-6-7-11-21(20)25-22(27)18-12-14-19(15-13-18)24(29)30-2/h3-15H,16H2,1-2H3,(H,25,27). The Kier molecular flexibility index (Phi) is 6.60. The molecule has 0 aliphatic heterocycles. The molecule has 0 unspecified atom stereocenters. The number of rotatable bonds is 6. The SMILES string of the molecule is COC(=O)c1ccc(C(=O)Nc2ccccc2C(=O)N(C)Cc2ccccc2)cc1. The number of hydrogen-bond acceptors (Lipinski definition) is 4. The minimum atomic E-state index is -0.473. The lowest BCUT2D eigenvalue weighted by Gasteiger charge is -2.19. The Morgan fingerprint density at radius 1 is 0.833 bits per heavy atom. The van der Waals surface area contributed by atoms with Crippen LogP contribution in [0.25, 0.3) is 0 Å². The van der Waals surface area contributed by atoms with Gasteiger partial charge < -0.3 is 15.0 Å². The van der Waals surface area contributed by atoms with Gasteiger partial charge in [-0.3, -0.25) is 9.59 Å². The molecule has 1 N–H and O–H groups in total. The lowest BCUT2D eigenvalue weighted by atomic mass is 10.1. The number of methoxy groups -OCH3 is 1. The van der Waals surface area contributed by atoms with Crippen LogP contribution in [0.2, 0.25) is 0 Å². The third-order valence-corrected chi connectivity index (χ3v) is 4.58. The van der Waals surface area contributed by atoms with Crippen molar-refractivity contribution in [2.24, 2.45) is 0 Å². The number of amides is 2. The highest BCUT2D eigenvalue weighted by Crippen LogP contribution is 2.19. The zero-order chi connectivity index (χ0) is 21.5. The number of nitrogens with zero attached hydrogens (tertiary/aromatic N) is 1. The van der Waals surface area contributed by atoms with Crippen LogP contribution in [-0.2, 0) is 11.3 Å². The molecular weight excluding hydrogens is 380 g/mol. The molecule has 152 valence electrons. The van der Waals surface area contributed by atoms with E-state index in [-0.39, 0.29) is 11.8 Å². The second kappa shape index (κ2) is 9.52. The van der Waals surface area contributed by atoms with Crippen molar-refractivity contribution in [3.63, 3.8) is 0 Å². The van der Waals surface area contributed by atoms with Crippen LogP contribution in [-0.4, -0.2) is 36.8 Å². The predicted molar refractivity (Wildman–Crippen MR) is 114 cm³/mol. The minimum absolute atomic E-state index is 0.198. The lowest BCUT2D eigenvalue weighted by Crippen LogP contribution is -2.27. The van der Waals surface area contributed by atoms with E-state index < -0.39 is 5.97 Å². The highest BCUT2D eigenvalue weighted by Gasteiger charge is 2.18. The van der Waals surface area contributed by atoms with Crippen molar-refractivity contribution in [1.29, 1.82) is 0 Å². The van der Waals surface area contributed by atoms with Crippen molar-refractivity contribution in [2.45, 2.75) is 6.54 Å². The number of hydrogen-bond donors (Lipinski definition) is 1. The molecule has 2 amide bonds. The van der Waals surface area contributed by atoms with Gasteiger partial charge in [-0.25, -0.2) is 4.79 Å². The smallest absolute Gasteiger partial charge is 0.337 e. The molecule has 0 atom stereocenters. The Morgan fingerprint density at radius 2 is 1.43 bits per heavy atom. The summed E-state index contributed by atoms with van der Waals surface area (Å²) >= 11 is 0. The van der Waals surface area contributed by atoms with Crippen LogP contribution < -0.4 is 5.32 Å². The van der Waals surface area contributed by atoms with Gasteiger partial charge in [0.1, 0.15) is 0 Å². The fourth-order valence-corrected chi connectivity index (χ4v) is 2.98. The summed E-state index contributed by atoms with van der Waals surface area (Å²) in [7, 11) is 3.02. The first kappa shape index (κ1) is 20.8. The van der Waals surface area contributed by atoms with E-state index in [9.17, 15) is 14.4 Å². The molecule has 3 aromatic carbocycles. The van der Waals surface area contributed by atoms with Crippen molar-refractivity contribution in [3.05, 3.63) is 101 Å². The predicted octanol–water partition coefficient (Wildman–Crippen LogP) is 4.00. The summed E-state index contributed by atoms with van der Waals surface area (Å²) in [5.74, 6) is -1.05. The summed E-state index contributed by atoms with van der Waals surface area (Å²) in [6.45, 7) is 0.455. The number of nitrogens with one attached hydrogen (secondary N) is 1. The van der Waals surface area contributed by atoms with Gasteiger partial charge in [-0.1, -0.05) is 42.5 Å². The molecule has 3 aromatic rings. The zero-order valence-electron chi connectivity index (χ0n) is 16.8. The molecule has 0 saturated heterocycles. The number of anilines is 1. The maximum absolute atomic E-state index is 13.0. The van der Waals surface area contributed by atoms with Crippen molar-refractivity contribution < 1.29 is 19.1 Å². The van der Waals surface area contributed by atoms with Crippen molar-refractivity contribution in [3.8, 4) is 0 Å². The summed E-state index contributed by atoms with van der Waals surface area (Å²) in [5.41, 5.74) is 2.55. The van der Waals surface area contributed by atoms with Crippen LogP contribution in [0.15, 0.2) is 78.9 Å². The van der Waals surface area contributed by atoms with Gasteiger partial charge in [0, 0.05) is 19.2 Å².